The molecule has 0 saturated carbocycles. The smallest absolute Gasteiger partial charge is 0.134 e. The number of terminal acetylenes is 1. The molecule has 2 rings (SSSR count). The van der Waals surface area contributed by atoms with Crippen molar-refractivity contribution in [3.8, 4) is 12.3 Å². The van der Waals surface area contributed by atoms with E-state index in [1.54, 1.807) is 0 Å². The monoisotopic (exact) mass is 229 g/mol. The van der Waals surface area contributed by atoms with E-state index in [0.29, 0.717) is 5.15 Å². The molecule has 0 aliphatic heterocycles. The van der Waals surface area contributed by atoms with Gasteiger partial charge in [0.1, 0.15) is 5.15 Å². The average molecular weight is 230 g/mol. The molecule has 0 fully saturated rings. The Kier molecular flexibility index (Phi) is 2.61. The van der Waals surface area contributed by atoms with Gasteiger partial charge in [-0.15, -0.1) is 6.42 Å². The molecule has 80 valence electrons. The molecule has 2 aromatic rings. The van der Waals surface area contributed by atoms with Crippen LogP contribution in [-0.2, 0) is 5.41 Å². The molecule has 0 aliphatic carbocycles. The number of nitrogens with zero attached hydrogens (tertiary/aromatic N) is 1. The predicted octanol–water partition coefficient (Wildman–Crippen LogP) is 3.80. The van der Waals surface area contributed by atoms with Crippen molar-refractivity contribution in [2.24, 2.45) is 0 Å². The first-order valence-electron chi connectivity index (χ1n) is 5.08. The summed E-state index contributed by atoms with van der Waals surface area (Å²) in [5, 5.41) is 1.55. The van der Waals surface area contributed by atoms with Crippen molar-refractivity contribution in [1.29, 1.82) is 0 Å². The van der Waals surface area contributed by atoms with Gasteiger partial charge >= 0.3 is 0 Å². The number of pyridine rings is 1. The fourth-order valence-corrected chi connectivity index (χ4v) is 1.99. The number of fused-ring (bicyclic) bond motifs is 1. The number of hydrogen-bond acceptors (Lipinski definition) is 1. The zero-order valence-electron chi connectivity index (χ0n) is 9.29. The third-order valence-corrected chi connectivity index (χ3v) is 3.00. The second-order valence-corrected chi connectivity index (χ2v) is 4.65. The molecule has 0 spiro atoms. The Bertz CT molecular complexity index is 579. The fourth-order valence-electron chi connectivity index (χ4n) is 1.61. The van der Waals surface area contributed by atoms with E-state index in [2.05, 4.69) is 10.9 Å². The Balaban J connectivity index is 2.73. The molecule has 0 atom stereocenters. The van der Waals surface area contributed by atoms with E-state index >= 15 is 0 Å². The summed E-state index contributed by atoms with van der Waals surface area (Å²) in [7, 11) is 0. The summed E-state index contributed by atoms with van der Waals surface area (Å²) in [6.45, 7) is 3.93. The van der Waals surface area contributed by atoms with Gasteiger partial charge in [-0.1, -0.05) is 35.7 Å². The molecular weight excluding hydrogens is 218 g/mol. The largest absolute Gasteiger partial charge is 0.236 e. The van der Waals surface area contributed by atoms with Crippen LogP contribution in [0.1, 0.15) is 19.4 Å². The number of hydrogen-bond donors (Lipinski definition) is 0. The van der Waals surface area contributed by atoms with Gasteiger partial charge in [0.2, 0.25) is 0 Å². The molecule has 1 nitrogen and oxygen atoms in total. The molecule has 0 aliphatic rings. The van der Waals surface area contributed by atoms with Gasteiger partial charge in [0.15, 0.2) is 0 Å². The van der Waals surface area contributed by atoms with Crippen molar-refractivity contribution < 1.29 is 0 Å². The van der Waals surface area contributed by atoms with E-state index in [-0.39, 0.29) is 0 Å². The van der Waals surface area contributed by atoms with Gasteiger partial charge in [0, 0.05) is 10.9 Å². The van der Waals surface area contributed by atoms with Crippen LogP contribution in [0.5, 0.6) is 0 Å². The van der Waals surface area contributed by atoms with Crippen molar-refractivity contribution in [1.82, 2.24) is 4.98 Å². The third-order valence-electron chi connectivity index (χ3n) is 2.71. The topological polar surface area (TPSA) is 12.9 Å². The Labute approximate surface area is 100 Å². The van der Waals surface area contributed by atoms with E-state index < -0.39 is 5.41 Å². The number of rotatable bonds is 1. The van der Waals surface area contributed by atoms with Crippen LogP contribution >= 0.6 is 11.6 Å². The van der Waals surface area contributed by atoms with Crippen LogP contribution in [0.15, 0.2) is 30.3 Å². The van der Waals surface area contributed by atoms with E-state index in [0.717, 1.165) is 16.5 Å². The standard InChI is InChI=1S/C14H12ClN/c1-4-14(2,3)11-9-10-7-5-6-8-12(10)16-13(11)15/h1,5-9H,2-3H3. The summed E-state index contributed by atoms with van der Waals surface area (Å²) in [6, 6.07) is 9.88. The zero-order valence-corrected chi connectivity index (χ0v) is 10.0. The highest BCUT2D eigenvalue weighted by Gasteiger charge is 2.21. The number of halogens is 1. The summed E-state index contributed by atoms with van der Waals surface area (Å²) >= 11 is 6.16. The highest BCUT2D eigenvalue weighted by molar-refractivity contribution is 6.30. The maximum Gasteiger partial charge on any atom is 0.134 e. The Hall–Kier alpha value is -1.52. The van der Waals surface area contributed by atoms with Gasteiger partial charge in [-0.2, -0.15) is 0 Å². The Morgan fingerprint density at radius 3 is 2.69 bits per heavy atom. The molecule has 1 heterocycles. The summed E-state index contributed by atoms with van der Waals surface area (Å²) in [5.74, 6) is 2.74. The lowest BCUT2D eigenvalue weighted by atomic mass is 9.86. The normalized spacial score (nSPS) is 11.4. The van der Waals surface area contributed by atoms with Crippen LogP contribution in [0, 0.1) is 12.3 Å². The minimum Gasteiger partial charge on any atom is -0.236 e. The van der Waals surface area contributed by atoms with Crippen molar-refractivity contribution in [2.75, 3.05) is 0 Å². The number of para-hydroxylation sites is 1. The second-order valence-electron chi connectivity index (χ2n) is 4.29. The lowest BCUT2D eigenvalue weighted by molar-refractivity contribution is 0.697. The summed E-state index contributed by atoms with van der Waals surface area (Å²) in [6.07, 6.45) is 5.51. The Morgan fingerprint density at radius 1 is 1.31 bits per heavy atom. The molecule has 1 aromatic carbocycles. The van der Waals surface area contributed by atoms with Gasteiger partial charge in [0.05, 0.1) is 10.9 Å². The average Bonchev–Trinajstić information content (AvgIpc) is 2.28. The van der Waals surface area contributed by atoms with Gasteiger partial charge in [-0.3, -0.25) is 0 Å². The lowest BCUT2D eigenvalue weighted by Gasteiger charge is -2.19. The minimum absolute atomic E-state index is 0.395. The molecular formula is C14H12ClN. The van der Waals surface area contributed by atoms with Crippen LogP contribution in [0.2, 0.25) is 5.15 Å². The number of benzene rings is 1. The summed E-state index contributed by atoms with van der Waals surface area (Å²) in [5.41, 5.74) is 1.40. The zero-order chi connectivity index (χ0) is 11.8. The van der Waals surface area contributed by atoms with Crippen LogP contribution in [-0.4, -0.2) is 4.98 Å². The second kappa shape index (κ2) is 3.81. The van der Waals surface area contributed by atoms with Crippen molar-refractivity contribution in [3.05, 3.63) is 41.0 Å². The van der Waals surface area contributed by atoms with Gasteiger partial charge in [-0.25, -0.2) is 4.98 Å². The van der Waals surface area contributed by atoms with E-state index in [4.69, 9.17) is 18.0 Å². The quantitative estimate of drug-likeness (QED) is 0.536. The first-order valence-corrected chi connectivity index (χ1v) is 5.46. The SMILES string of the molecule is C#CC(C)(C)c1cc2ccccc2nc1Cl. The van der Waals surface area contributed by atoms with Crippen molar-refractivity contribution in [3.63, 3.8) is 0 Å². The molecule has 2 heteroatoms. The van der Waals surface area contributed by atoms with Crippen LogP contribution < -0.4 is 0 Å². The van der Waals surface area contributed by atoms with Crippen LogP contribution in [0.25, 0.3) is 10.9 Å². The predicted molar refractivity (Wildman–Crippen MR) is 68.6 cm³/mol. The van der Waals surface area contributed by atoms with E-state index in [1.807, 2.05) is 44.2 Å². The third kappa shape index (κ3) is 1.77. The van der Waals surface area contributed by atoms with Crippen LogP contribution in [0.3, 0.4) is 0 Å². The molecule has 16 heavy (non-hydrogen) atoms. The highest BCUT2D eigenvalue weighted by Crippen LogP contribution is 2.30. The van der Waals surface area contributed by atoms with Crippen molar-refractivity contribution >= 4 is 22.5 Å². The summed E-state index contributed by atoms with van der Waals surface area (Å²) < 4.78 is 0. The van der Waals surface area contributed by atoms with Crippen LogP contribution in [0.4, 0.5) is 0 Å². The maximum absolute atomic E-state index is 6.16. The molecule has 1 aromatic heterocycles. The van der Waals surface area contributed by atoms with E-state index in [9.17, 15) is 0 Å². The fraction of sp³-hybridized carbons (Fsp3) is 0.214. The first kappa shape index (κ1) is 11.0. The molecule has 0 saturated heterocycles. The Morgan fingerprint density at radius 2 is 2.00 bits per heavy atom. The maximum atomic E-state index is 6.16. The number of aromatic nitrogens is 1. The van der Waals surface area contributed by atoms with Gasteiger partial charge in [-0.05, 0) is 26.0 Å². The molecule has 0 radical (unpaired) electrons. The molecule has 0 N–H and O–H groups in total. The van der Waals surface area contributed by atoms with E-state index in [1.165, 1.54) is 0 Å². The first-order chi connectivity index (χ1) is 7.54. The molecule has 0 amide bonds. The minimum atomic E-state index is -0.395. The molecule has 0 unspecified atom stereocenters. The van der Waals surface area contributed by atoms with Gasteiger partial charge < -0.3 is 0 Å². The molecule has 0 bridgehead atoms. The highest BCUT2D eigenvalue weighted by atomic mass is 35.5. The summed E-state index contributed by atoms with van der Waals surface area (Å²) in [4.78, 5) is 4.36. The van der Waals surface area contributed by atoms with Gasteiger partial charge in [0.25, 0.3) is 0 Å². The van der Waals surface area contributed by atoms with Crippen molar-refractivity contribution in [2.45, 2.75) is 19.3 Å². The lowest BCUT2D eigenvalue weighted by Crippen LogP contribution is -2.15.